The summed E-state index contributed by atoms with van der Waals surface area (Å²) in [6.45, 7) is 29.7. The third kappa shape index (κ3) is 11.9. The van der Waals surface area contributed by atoms with Crippen LogP contribution in [0.4, 0.5) is 0 Å². The molecule has 0 saturated heterocycles. The van der Waals surface area contributed by atoms with Crippen LogP contribution in [-0.2, 0) is 41.9 Å². The first-order chi connectivity index (χ1) is 18.5. The molecule has 0 atom stereocenters. The molecule has 0 amide bonds. The van der Waals surface area contributed by atoms with Gasteiger partial charge in [-0.25, -0.2) is 18.4 Å². The number of aromatic nitrogens is 2. The summed E-state index contributed by atoms with van der Waals surface area (Å²) >= 11 is 2.43. The fraction of sp³-hybridized carbons (Fsp3) is 0.786. The van der Waals surface area contributed by atoms with E-state index in [1.54, 1.807) is 27.7 Å². The van der Waals surface area contributed by atoms with E-state index in [-0.39, 0.29) is 14.3 Å². The lowest BCUT2D eigenvalue weighted by molar-refractivity contribution is 0.0775. The minimum absolute atomic E-state index is 0.00452. The van der Waals surface area contributed by atoms with E-state index in [0.717, 1.165) is 28.5 Å². The molecule has 14 heteroatoms. The van der Waals surface area contributed by atoms with Crippen molar-refractivity contribution in [3.8, 4) is 0 Å². The highest BCUT2D eigenvalue weighted by Crippen LogP contribution is 2.38. The minimum atomic E-state index is -3.89. The van der Waals surface area contributed by atoms with Gasteiger partial charge >= 0.3 is 0 Å². The van der Waals surface area contributed by atoms with Crippen molar-refractivity contribution in [3.63, 3.8) is 0 Å². The smallest absolute Gasteiger partial charge is 0.272 e. The highest BCUT2D eigenvalue weighted by molar-refractivity contribution is 8.15. The molecular formula is C28H53ClN2O6S3Si2. The Balaban J connectivity index is 0.000000428. The molecule has 2 N–H and O–H groups in total. The summed E-state index contributed by atoms with van der Waals surface area (Å²) in [5, 5.41) is 23.4. The minimum Gasteiger partial charge on any atom is -0.416 e. The standard InChI is InChI=1S/C14H26ClNO4S2Si.C14H27NO2SSi/c1-13(2,3)23(6,7)20-9-8-10-11(22(15,18)19)21-12(16-10)14(4,5)17;1-13(2,3)19(6,7)17-9-8-11-10-18-12(15-11)14(4,5)16/h17H,8-9H2,1-7H3;10,16H,8-9H2,1-7H3. The van der Waals surface area contributed by atoms with Crippen LogP contribution in [-0.4, -0.2) is 58.4 Å². The van der Waals surface area contributed by atoms with Crippen molar-refractivity contribution < 1.29 is 27.5 Å². The largest absolute Gasteiger partial charge is 0.416 e. The Morgan fingerprint density at radius 2 is 1.21 bits per heavy atom. The molecule has 0 aliphatic carbocycles. The summed E-state index contributed by atoms with van der Waals surface area (Å²) in [4.78, 5) is 8.74. The Morgan fingerprint density at radius 3 is 1.57 bits per heavy atom. The molecule has 0 aliphatic heterocycles. The van der Waals surface area contributed by atoms with Gasteiger partial charge in [0.25, 0.3) is 9.05 Å². The van der Waals surface area contributed by atoms with E-state index in [1.807, 2.05) is 5.38 Å². The Bertz CT molecular complexity index is 1270. The SMILES string of the molecule is CC(C)(O)c1nc(CCO[Si](C)(C)C(C)(C)C)c(S(=O)(=O)Cl)s1.CC(C)(O)c1nc(CCO[Si](C)(C)C(C)(C)C)cs1. The van der Waals surface area contributed by atoms with E-state index in [2.05, 4.69) is 77.7 Å². The van der Waals surface area contributed by atoms with E-state index in [9.17, 15) is 18.6 Å². The molecule has 2 aromatic heterocycles. The molecular weight excluding hydrogens is 648 g/mol. The van der Waals surface area contributed by atoms with E-state index >= 15 is 0 Å². The third-order valence-electron chi connectivity index (χ3n) is 7.72. The molecule has 0 bridgehead atoms. The maximum absolute atomic E-state index is 11.7. The van der Waals surface area contributed by atoms with Crippen LogP contribution in [0.15, 0.2) is 9.59 Å². The van der Waals surface area contributed by atoms with Gasteiger partial charge in [-0.2, -0.15) is 0 Å². The van der Waals surface area contributed by atoms with Gasteiger partial charge in [0.2, 0.25) is 0 Å². The maximum Gasteiger partial charge on any atom is 0.272 e. The number of thiazole rings is 2. The zero-order valence-corrected chi connectivity index (χ0v) is 33.1. The lowest BCUT2D eigenvalue weighted by Gasteiger charge is -2.36. The molecule has 0 spiro atoms. The highest BCUT2D eigenvalue weighted by atomic mass is 35.7. The van der Waals surface area contributed by atoms with Crippen molar-refractivity contribution >= 4 is 59.0 Å². The van der Waals surface area contributed by atoms with Crippen LogP contribution in [0.3, 0.4) is 0 Å². The van der Waals surface area contributed by atoms with Gasteiger partial charge in [-0.15, -0.1) is 22.7 Å². The molecule has 8 nitrogen and oxygen atoms in total. The second-order valence-electron chi connectivity index (χ2n) is 14.7. The van der Waals surface area contributed by atoms with Gasteiger partial charge < -0.3 is 19.1 Å². The molecule has 0 aliphatic rings. The quantitative estimate of drug-likeness (QED) is 0.180. The molecule has 0 radical (unpaired) electrons. The van der Waals surface area contributed by atoms with Gasteiger partial charge in [0.1, 0.15) is 21.2 Å². The first kappa shape index (κ1) is 39.8. The second kappa shape index (κ2) is 14.0. The number of hydrogen-bond acceptors (Lipinski definition) is 10. The Morgan fingerprint density at radius 1 is 0.786 bits per heavy atom. The van der Waals surface area contributed by atoms with Crippen LogP contribution in [0.1, 0.15) is 90.6 Å². The normalized spacial score (nSPS) is 14.1. The van der Waals surface area contributed by atoms with Gasteiger partial charge in [-0.3, -0.25) is 0 Å². The monoisotopic (exact) mass is 700 g/mol. The highest BCUT2D eigenvalue weighted by Gasteiger charge is 2.38. The zero-order valence-electron chi connectivity index (χ0n) is 27.9. The summed E-state index contributed by atoms with van der Waals surface area (Å²) in [6.07, 6.45) is 1.17. The lowest BCUT2D eigenvalue weighted by atomic mass is 10.1. The summed E-state index contributed by atoms with van der Waals surface area (Å²) < 4.78 is 35.7. The van der Waals surface area contributed by atoms with Crippen molar-refractivity contribution in [1.29, 1.82) is 0 Å². The van der Waals surface area contributed by atoms with Crippen molar-refractivity contribution in [2.45, 2.75) is 134 Å². The van der Waals surface area contributed by atoms with Crippen LogP contribution < -0.4 is 0 Å². The fourth-order valence-electron chi connectivity index (χ4n) is 2.90. The summed E-state index contributed by atoms with van der Waals surface area (Å²) in [7, 11) is -1.97. The Kier molecular flexibility index (Phi) is 13.3. The second-order valence-corrected chi connectivity index (χ2v) is 28.9. The Hall–Kier alpha value is -0.226. The summed E-state index contributed by atoms with van der Waals surface area (Å²) in [5.74, 6) is 0. The number of rotatable bonds is 11. The van der Waals surface area contributed by atoms with E-state index in [1.165, 1.54) is 11.3 Å². The van der Waals surface area contributed by atoms with Crippen molar-refractivity contribution in [1.82, 2.24) is 9.97 Å². The molecule has 0 fully saturated rings. The predicted molar refractivity (Wildman–Crippen MR) is 181 cm³/mol. The van der Waals surface area contributed by atoms with E-state index in [0.29, 0.717) is 30.3 Å². The average molecular weight is 702 g/mol. The van der Waals surface area contributed by atoms with E-state index in [4.69, 9.17) is 19.5 Å². The molecule has 2 aromatic rings. The van der Waals surface area contributed by atoms with Crippen LogP contribution in [0.5, 0.6) is 0 Å². The first-order valence-corrected chi connectivity index (χ1v) is 23.9. The van der Waals surface area contributed by atoms with Crippen LogP contribution >= 0.6 is 33.4 Å². The van der Waals surface area contributed by atoms with Gasteiger partial charge in [-0.05, 0) is 64.0 Å². The van der Waals surface area contributed by atoms with Crippen LogP contribution in [0.2, 0.25) is 36.3 Å². The summed E-state index contributed by atoms with van der Waals surface area (Å²) in [6, 6.07) is 0. The maximum atomic E-state index is 11.7. The topological polar surface area (TPSA) is 119 Å². The fourth-order valence-corrected chi connectivity index (χ4v) is 8.33. The molecule has 42 heavy (non-hydrogen) atoms. The van der Waals surface area contributed by atoms with Gasteiger partial charge in [-0.1, -0.05) is 41.5 Å². The molecule has 244 valence electrons. The number of halogens is 1. The first-order valence-electron chi connectivity index (χ1n) is 14.1. The van der Waals surface area contributed by atoms with Gasteiger partial charge in [0, 0.05) is 42.1 Å². The molecule has 0 unspecified atom stereocenters. The average Bonchev–Trinajstić information content (AvgIpc) is 3.39. The molecule has 0 saturated carbocycles. The third-order valence-corrected chi connectivity index (χ3v) is 21.5. The number of hydrogen-bond donors (Lipinski definition) is 2. The zero-order chi connectivity index (χ0) is 33.2. The van der Waals surface area contributed by atoms with Crippen LogP contribution in [0.25, 0.3) is 0 Å². The summed E-state index contributed by atoms with van der Waals surface area (Å²) in [5.41, 5.74) is -0.676. The van der Waals surface area contributed by atoms with Gasteiger partial charge in [0.05, 0.1) is 11.4 Å². The van der Waals surface area contributed by atoms with Crippen molar-refractivity contribution in [2.24, 2.45) is 0 Å². The number of aliphatic hydroxyl groups is 2. The molecule has 0 aromatic carbocycles. The molecule has 2 rings (SSSR count). The van der Waals surface area contributed by atoms with Crippen molar-refractivity contribution in [3.05, 3.63) is 26.8 Å². The van der Waals surface area contributed by atoms with Crippen molar-refractivity contribution in [2.75, 3.05) is 13.2 Å². The van der Waals surface area contributed by atoms with E-state index < -0.39 is 36.9 Å². The number of nitrogens with zero attached hydrogens (tertiary/aromatic N) is 2. The lowest BCUT2D eigenvalue weighted by Crippen LogP contribution is -2.41. The Labute approximate surface area is 268 Å². The predicted octanol–water partition coefficient (Wildman–Crippen LogP) is 7.80. The van der Waals surface area contributed by atoms with Gasteiger partial charge in [0.15, 0.2) is 20.8 Å². The van der Waals surface area contributed by atoms with Crippen LogP contribution in [0, 0.1) is 0 Å². The molecule has 2 heterocycles.